The van der Waals surface area contributed by atoms with Gasteiger partial charge in [0.05, 0.1) is 30.7 Å². The molecule has 2 aliphatic heterocycles. The molecule has 7 heteroatoms. The largest absolute Gasteiger partial charge is 0.497 e. The second-order valence-corrected chi connectivity index (χ2v) is 8.61. The summed E-state index contributed by atoms with van der Waals surface area (Å²) in [5, 5.41) is 0. The van der Waals surface area contributed by atoms with Gasteiger partial charge in [0.2, 0.25) is 29.0 Å². The maximum Gasteiger partial charge on any atom is 0.241 e. The second-order valence-electron chi connectivity index (χ2n) is 8.61. The highest BCUT2D eigenvalue weighted by Gasteiger charge is 2.74. The average Bonchev–Trinajstić information content (AvgIpc) is 3.44. The van der Waals surface area contributed by atoms with Crippen LogP contribution in [0.1, 0.15) is 32.4 Å². The van der Waals surface area contributed by atoms with Crippen molar-refractivity contribution in [3.05, 3.63) is 95.6 Å². The molecule has 34 heavy (non-hydrogen) atoms. The molecule has 3 aromatic carbocycles. The Hall–Kier alpha value is -4.10. The molecule has 0 N–H and O–H groups in total. The topological polar surface area (TPSA) is 90.0 Å². The molecule has 6 rings (SSSR count). The summed E-state index contributed by atoms with van der Waals surface area (Å²) >= 11 is 0. The van der Waals surface area contributed by atoms with Gasteiger partial charge < -0.3 is 9.47 Å². The number of hydrogen-bond donors (Lipinski definition) is 0. The van der Waals surface area contributed by atoms with E-state index in [1.165, 1.54) is 7.11 Å². The third kappa shape index (κ3) is 2.50. The normalized spacial score (nSPS) is 24.6. The molecular formula is C27H19NO6. The van der Waals surface area contributed by atoms with Crippen molar-refractivity contribution in [1.82, 2.24) is 0 Å². The monoisotopic (exact) mass is 453 g/mol. The fourth-order valence-electron chi connectivity index (χ4n) is 5.46. The van der Waals surface area contributed by atoms with Crippen molar-refractivity contribution in [1.29, 1.82) is 0 Å². The van der Waals surface area contributed by atoms with Crippen molar-refractivity contribution in [3.8, 4) is 5.75 Å². The first-order chi connectivity index (χ1) is 16.5. The molecule has 0 aromatic heterocycles. The van der Waals surface area contributed by atoms with E-state index in [9.17, 15) is 19.2 Å². The molecule has 7 nitrogen and oxygen atoms in total. The summed E-state index contributed by atoms with van der Waals surface area (Å²) in [5.41, 5.74) is -0.712. The van der Waals surface area contributed by atoms with E-state index < -0.39 is 46.9 Å². The van der Waals surface area contributed by atoms with Crippen molar-refractivity contribution >= 4 is 29.1 Å². The number of anilines is 1. The number of methoxy groups -OCH3 is 1. The smallest absolute Gasteiger partial charge is 0.241 e. The van der Waals surface area contributed by atoms with Gasteiger partial charge in [0.15, 0.2) is 0 Å². The molecule has 2 amide bonds. The zero-order chi connectivity index (χ0) is 23.6. The predicted molar refractivity (Wildman–Crippen MR) is 121 cm³/mol. The molecular weight excluding hydrogens is 434 g/mol. The number of Topliss-reactive ketones (excluding diaryl/α,β-unsaturated/α-hetero) is 2. The standard InChI is InChI=1S/C27H19NO6/c1-33-17-11-7-10-16(14-17)28-25(31)20-21(26(28)32)27(34-22(20)15-8-3-2-4-9-15)23(29)18-12-5-6-13-19(18)24(27)30/h2-14,20-22H,1H3/t20-,21+,22-/m1/s1. The van der Waals surface area contributed by atoms with Gasteiger partial charge in [0, 0.05) is 17.2 Å². The van der Waals surface area contributed by atoms with E-state index in [1.807, 2.05) is 6.07 Å². The van der Waals surface area contributed by atoms with Gasteiger partial charge in [0.25, 0.3) is 0 Å². The van der Waals surface area contributed by atoms with Gasteiger partial charge in [-0.05, 0) is 17.7 Å². The first-order valence-corrected chi connectivity index (χ1v) is 10.9. The van der Waals surface area contributed by atoms with E-state index in [4.69, 9.17) is 9.47 Å². The minimum atomic E-state index is -2.07. The third-order valence-electron chi connectivity index (χ3n) is 6.96. The van der Waals surface area contributed by atoms with Crippen LogP contribution < -0.4 is 9.64 Å². The fourth-order valence-corrected chi connectivity index (χ4v) is 5.46. The number of ether oxygens (including phenoxy) is 2. The number of carbonyl (C=O) groups is 4. The predicted octanol–water partition coefficient (Wildman–Crippen LogP) is 3.39. The van der Waals surface area contributed by atoms with Crippen LogP contribution >= 0.6 is 0 Å². The number of amides is 2. The van der Waals surface area contributed by atoms with Crippen molar-refractivity contribution < 1.29 is 28.7 Å². The number of nitrogens with zero attached hydrogens (tertiary/aromatic N) is 1. The van der Waals surface area contributed by atoms with Gasteiger partial charge in [-0.3, -0.25) is 19.2 Å². The summed E-state index contributed by atoms with van der Waals surface area (Å²) < 4.78 is 11.5. The summed E-state index contributed by atoms with van der Waals surface area (Å²) in [6.07, 6.45) is -0.930. The van der Waals surface area contributed by atoms with Crippen LogP contribution in [0.15, 0.2) is 78.9 Å². The fraction of sp³-hybridized carbons (Fsp3) is 0.185. The molecule has 0 bridgehead atoms. The van der Waals surface area contributed by atoms with Crippen molar-refractivity contribution in [2.75, 3.05) is 12.0 Å². The Morgan fingerprint density at radius 3 is 2.09 bits per heavy atom. The van der Waals surface area contributed by atoms with E-state index >= 15 is 0 Å². The maximum absolute atomic E-state index is 13.9. The highest BCUT2D eigenvalue weighted by atomic mass is 16.5. The Balaban J connectivity index is 1.54. The molecule has 2 saturated heterocycles. The molecule has 1 spiro atoms. The molecule has 0 radical (unpaired) electrons. The maximum atomic E-state index is 13.9. The Morgan fingerprint density at radius 2 is 1.44 bits per heavy atom. The highest BCUT2D eigenvalue weighted by molar-refractivity contribution is 6.37. The number of ketones is 2. The first kappa shape index (κ1) is 20.5. The van der Waals surface area contributed by atoms with Crippen molar-refractivity contribution in [3.63, 3.8) is 0 Å². The van der Waals surface area contributed by atoms with E-state index in [2.05, 4.69) is 0 Å². The van der Waals surface area contributed by atoms with Crippen LogP contribution in [-0.2, 0) is 14.3 Å². The van der Waals surface area contributed by atoms with Gasteiger partial charge in [-0.15, -0.1) is 0 Å². The Morgan fingerprint density at radius 1 is 0.794 bits per heavy atom. The Labute approximate surface area is 194 Å². The quantitative estimate of drug-likeness (QED) is 0.446. The van der Waals surface area contributed by atoms with Gasteiger partial charge in [-0.25, -0.2) is 4.90 Å². The van der Waals surface area contributed by atoms with Crippen LogP contribution in [0.5, 0.6) is 5.75 Å². The SMILES string of the molecule is COc1cccc(N2C(=O)[C@H]3[C@@H](c4ccccc4)OC4(C(=O)c5ccccc5C4=O)[C@@H]3C2=O)c1. The van der Waals surface area contributed by atoms with Gasteiger partial charge in [-0.1, -0.05) is 60.7 Å². The van der Waals surface area contributed by atoms with Crippen LogP contribution in [-0.4, -0.2) is 36.1 Å². The van der Waals surface area contributed by atoms with E-state index in [-0.39, 0.29) is 11.1 Å². The number of fused-ring (bicyclic) bond motifs is 3. The van der Waals surface area contributed by atoms with Crippen LogP contribution in [0.4, 0.5) is 5.69 Å². The zero-order valence-corrected chi connectivity index (χ0v) is 18.1. The molecule has 0 unspecified atom stereocenters. The number of imide groups is 1. The lowest BCUT2D eigenvalue weighted by Crippen LogP contribution is -2.51. The minimum Gasteiger partial charge on any atom is -0.497 e. The number of rotatable bonds is 3. The Kier molecular flexibility index (Phi) is 4.34. The molecule has 3 aromatic rings. The van der Waals surface area contributed by atoms with E-state index in [1.54, 1.807) is 72.8 Å². The van der Waals surface area contributed by atoms with Gasteiger partial charge >= 0.3 is 0 Å². The molecule has 0 saturated carbocycles. The summed E-state index contributed by atoms with van der Waals surface area (Å²) in [4.78, 5) is 56.1. The number of benzene rings is 3. The highest BCUT2D eigenvalue weighted by Crippen LogP contribution is 2.57. The molecule has 3 aliphatic rings. The average molecular weight is 453 g/mol. The Bertz CT molecular complexity index is 1350. The lowest BCUT2D eigenvalue weighted by Gasteiger charge is -2.27. The first-order valence-electron chi connectivity index (χ1n) is 10.9. The number of hydrogen-bond acceptors (Lipinski definition) is 6. The lowest BCUT2D eigenvalue weighted by atomic mass is 9.77. The summed E-state index contributed by atoms with van der Waals surface area (Å²) in [7, 11) is 1.49. The minimum absolute atomic E-state index is 0.208. The van der Waals surface area contributed by atoms with Crippen LogP contribution in [0.25, 0.3) is 0 Å². The molecule has 2 heterocycles. The van der Waals surface area contributed by atoms with Crippen LogP contribution in [0.2, 0.25) is 0 Å². The van der Waals surface area contributed by atoms with Crippen molar-refractivity contribution in [2.45, 2.75) is 11.7 Å². The molecule has 168 valence electrons. The number of carbonyl (C=O) groups excluding carboxylic acids is 4. The van der Waals surface area contributed by atoms with E-state index in [0.717, 1.165) is 4.90 Å². The lowest BCUT2D eigenvalue weighted by molar-refractivity contribution is -0.127. The van der Waals surface area contributed by atoms with E-state index in [0.29, 0.717) is 17.0 Å². The third-order valence-corrected chi connectivity index (χ3v) is 6.96. The zero-order valence-electron chi connectivity index (χ0n) is 18.1. The van der Waals surface area contributed by atoms with Gasteiger partial charge in [-0.2, -0.15) is 0 Å². The molecule has 2 fully saturated rings. The van der Waals surface area contributed by atoms with Gasteiger partial charge in [0.1, 0.15) is 5.75 Å². The van der Waals surface area contributed by atoms with Crippen LogP contribution in [0, 0.1) is 11.8 Å². The van der Waals surface area contributed by atoms with Crippen LogP contribution in [0.3, 0.4) is 0 Å². The van der Waals surface area contributed by atoms with Crippen molar-refractivity contribution in [2.24, 2.45) is 11.8 Å². The summed E-state index contributed by atoms with van der Waals surface area (Å²) in [6, 6.07) is 21.9. The second kappa shape index (κ2) is 7.20. The summed E-state index contributed by atoms with van der Waals surface area (Å²) in [5.74, 6) is -4.11. The molecule has 1 aliphatic carbocycles. The summed E-state index contributed by atoms with van der Waals surface area (Å²) in [6.45, 7) is 0. The molecule has 3 atom stereocenters.